The molecule has 0 atom stereocenters. The number of thiol groups is 1. The second-order valence-corrected chi connectivity index (χ2v) is 6.89. The van der Waals surface area contributed by atoms with Crippen molar-refractivity contribution in [1.82, 2.24) is 4.98 Å². The van der Waals surface area contributed by atoms with E-state index < -0.39 is 11.6 Å². The Hall–Kier alpha value is -2.36. The molecule has 0 aliphatic rings. The van der Waals surface area contributed by atoms with E-state index in [4.69, 9.17) is 5.26 Å². The highest BCUT2D eigenvalue weighted by molar-refractivity contribution is 9.10. The molecule has 1 N–H and O–H groups in total. The lowest BCUT2D eigenvalue weighted by molar-refractivity contribution is 0.103. The fourth-order valence-electron chi connectivity index (χ4n) is 2.19. The van der Waals surface area contributed by atoms with Crippen molar-refractivity contribution in [2.24, 2.45) is 0 Å². The second kappa shape index (κ2) is 8.84. The molecule has 0 amide bonds. The summed E-state index contributed by atoms with van der Waals surface area (Å²) in [4.78, 5) is 15.8. The lowest BCUT2D eigenvalue weighted by atomic mass is 10.1. The maximum absolute atomic E-state index is 13.3. The molecule has 0 fully saturated rings. The molecular formula is C20H16BrFN2OS. The van der Waals surface area contributed by atoms with E-state index in [9.17, 15) is 9.18 Å². The number of ketones is 1. The number of nitrogens with zero attached hydrogens (tertiary/aromatic N) is 1. The zero-order valence-corrected chi connectivity index (χ0v) is 16.7. The lowest BCUT2D eigenvalue weighted by Crippen LogP contribution is -2.01. The first-order valence-corrected chi connectivity index (χ1v) is 8.94. The van der Waals surface area contributed by atoms with Crippen LogP contribution in [0.1, 0.15) is 23.0 Å². The van der Waals surface area contributed by atoms with Crippen molar-refractivity contribution in [2.45, 2.75) is 18.7 Å². The third-order valence-electron chi connectivity index (χ3n) is 3.59. The Morgan fingerprint density at radius 1 is 1.27 bits per heavy atom. The Labute approximate surface area is 165 Å². The van der Waals surface area contributed by atoms with Crippen molar-refractivity contribution in [3.8, 4) is 6.07 Å². The normalized spacial score (nSPS) is 10.8. The molecule has 3 aromatic rings. The summed E-state index contributed by atoms with van der Waals surface area (Å²) in [5.41, 5.74) is 2.13. The van der Waals surface area contributed by atoms with Gasteiger partial charge in [0, 0.05) is 15.8 Å². The average Bonchev–Trinajstić information content (AvgIpc) is 3.02. The number of hydrogen-bond acceptors (Lipinski definition) is 3. The van der Waals surface area contributed by atoms with Crippen molar-refractivity contribution in [3.05, 3.63) is 75.7 Å². The fraction of sp³-hybridized carbons (Fsp3) is 0.100. The van der Waals surface area contributed by atoms with Gasteiger partial charge < -0.3 is 4.98 Å². The monoisotopic (exact) mass is 430 g/mol. The molecule has 0 saturated heterocycles. The van der Waals surface area contributed by atoms with Crippen LogP contribution in [0.3, 0.4) is 0 Å². The largest absolute Gasteiger partial charge is 0.352 e. The van der Waals surface area contributed by atoms with Crippen LogP contribution in [0.5, 0.6) is 0 Å². The molecule has 1 heterocycles. The molecular weight excluding hydrogens is 415 g/mol. The molecule has 0 saturated carbocycles. The van der Waals surface area contributed by atoms with Gasteiger partial charge >= 0.3 is 0 Å². The van der Waals surface area contributed by atoms with Gasteiger partial charge in [-0.25, -0.2) is 4.39 Å². The van der Waals surface area contributed by atoms with Gasteiger partial charge in [0.15, 0.2) is 0 Å². The second-order valence-electron chi connectivity index (χ2n) is 5.52. The number of halogens is 2. The molecule has 3 rings (SSSR count). The van der Waals surface area contributed by atoms with E-state index in [0.29, 0.717) is 15.4 Å². The van der Waals surface area contributed by atoms with Crippen molar-refractivity contribution in [1.29, 1.82) is 5.26 Å². The molecule has 0 radical (unpaired) electrons. The third kappa shape index (κ3) is 4.84. The number of Topliss-reactive ketones (excluding diaryl/α,β-unsaturated/α-hetero) is 1. The predicted octanol–water partition coefficient (Wildman–Crippen LogP) is 6.01. The van der Waals surface area contributed by atoms with E-state index in [1.807, 2.05) is 30.3 Å². The number of carbonyl (C=O) groups excluding carboxylic acids is 1. The van der Waals surface area contributed by atoms with Gasteiger partial charge in [0.1, 0.15) is 11.9 Å². The van der Waals surface area contributed by atoms with Crippen LogP contribution in [0.4, 0.5) is 4.39 Å². The van der Waals surface area contributed by atoms with Crippen LogP contribution in [0.25, 0.3) is 10.9 Å². The number of allylic oxidation sites excluding steroid dienone is 2. The minimum atomic E-state index is -0.408. The number of H-pyrrole nitrogens is 1. The number of benzene rings is 2. The number of rotatable bonds is 2. The zero-order valence-electron chi connectivity index (χ0n) is 14.2. The van der Waals surface area contributed by atoms with Gasteiger partial charge in [0.2, 0.25) is 5.78 Å². The van der Waals surface area contributed by atoms with Gasteiger partial charge in [-0.15, -0.1) is 12.6 Å². The van der Waals surface area contributed by atoms with Gasteiger partial charge in [0.05, 0.1) is 15.7 Å². The first-order valence-electron chi connectivity index (χ1n) is 7.70. The summed E-state index contributed by atoms with van der Waals surface area (Å²) in [5.74, 6) is -0.803. The summed E-state index contributed by atoms with van der Waals surface area (Å²) in [7, 11) is 0. The summed E-state index contributed by atoms with van der Waals surface area (Å²) < 4.78 is 13.7. The van der Waals surface area contributed by atoms with Crippen LogP contribution >= 0.6 is 28.6 Å². The van der Waals surface area contributed by atoms with Crippen LogP contribution in [0.15, 0.2) is 63.5 Å². The third-order valence-corrected chi connectivity index (χ3v) is 4.50. The van der Waals surface area contributed by atoms with Crippen molar-refractivity contribution in [3.63, 3.8) is 0 Å². The minimum absolute atomic E-state index is 0.0566. The SMILES string of the molecule is C/C=C(\C#N)C(=O)c1cc2cc(Br)c(F)cc2[nH]1.Cc1ccc(S)cc1. The Kier molecular flexibility index (Phi) is 6.78. The Morgan fingerprint density at radius 3 is 2.46 bits per heavy atom. The van der Waals surface area contributed by atoms with Crippen LogP contribution in [-0.4, -0.2) is 10.8 Å². The minimum Gasteiger partial charge on any atom is -0.352 e. The van der Waals surface area contributed by atoms with E-state index in [-0.39, 0.29) is 11.3 Å². The summed E-state index contributed by atoms with van der Waals surface area (Å²) >= 11 is 7.21. The highest BCUT2D eigenvalue weighted by atomic mass is 79.9. The van der Waals surface area contributed by atoms with E-state index >= 15 is 0 Å². The van der Waals surface area contributed by atoms with Crippen molar-refractivity contribution in [2.75, 3.05) is 0 Å². The highest BCUT2D eigenvalue weighted by Gasteiger charge is 2.14. The quantitative estimate of drug-likeness (QED) is 0.226. The summed E-state index contributed by atoms with van der Waals surface area (Å²) in [6.07, 6.45) is 1.45. The number of aromatic nitrogens is 1. The van der Waals surface area contributed by atoms with Crippen molar-refractivity contribution < 1.29 is 9.18 Å². The van der Waals surface area contributed by atoms with Crippen LogP contribution in [-0.2, 0) is 0 Å². The van der Waals surface area contributed by atoms with E-state index in [0.717, 1.165) is 4.90 Å². The van der Waals surface area contributed by atoms with Crippen LogP contribution < -0.4 is 0 Å². The zero-order chi connectivity index (χ0) is 19.3. The lowest BCUT2D eigenvalue weighted by Gasteiger charge is -1.94. The molecule has 0 bridgehead atoms. The maximum Gasteiger partial charge on any atom is 0.219 e. The Morgan fingerprint density at radius 2 is 1.92 bits per heavy atom. The summed E-state index contributed by atoms with van der Waals surface area (Å²) in [5, 5.41) is 9.51. The molecule has 2 aromatic carbocycles. The van der Waals surface area contributed by atoms with E-state index in [1.54, 1.807) is 19.1 Å². The Bertz CT molecular complexity index is 957. The number of nitriles is 1. The summed E-state index contributed by atoms with van der Waals surface area (Å²) in [6.45, 7) is 3.68. The number of nitrogens with one attached hydrogen (secondary N) is 1. The molecule has 0 spiro atoms. The van der Waals surface area contributed by atoms with Gasteiger partial charge in [0.25, 0.3) is 0 Å². The number of aryl methyl sites for hydroxylation is 1. The van der Waals surface area contributed by atoms with Crippen molar-refractivity contribution >= 4 is 45.2 Å². The van der Waals surface area contributed by atoms with E-state index in [1.165, 1.54) is 17.7 Å². The summed E-state index contributed by atoms with van der Waals surface area (Å²) in [6, 6.07) is 14.4. The first kappa shape index (κ1) is 20.0. The van der Waals surface area contributed by atoms with Crippen LogP contribution in [0.2, 0.25) is 0 Å². The topological polar surface area (TPSA) is 56.6 Å². The molecule has 1 aromatic heterocycles. The average molecular weight is 431 g/mol. The van der Waals surface area contributed by atoms with Crippen LogP contribution in [0, 0.1) is 24.1 Å². The predicted molar refractivity (Wildman–Crippen MR) is 108 cm³/mol. The molecule has 26 heavy (non-hydrogen) atoms. The first-order chi connectivity index (χ1) is 12.3. The standard InChI is InChI=1S/C13H8BrFN2O.C7H8S/c1-2-7(6-16)13(18)12-4-8-3-9(14)10(15)5-11(8)17-12;1-6-2-4-7(8)5-3-6/h2-5,17H,1H3;2-5,8H,1H3/b7-2+;. The van der Waals surface area contributed by atoms with Gasteiger partial charge in [-0.2, -0.15) is 5.26 Å². The van der Waals surface area contributed by atoms with Gasteiger partial charge in [-0.05, 0) is 60.1 Å². The fourth-order valence-corrected chi connectivity index (χ4v) is 2.70. The molecule has 132 valence electrons. The smallest absolute Gasteiger partial charge is 0.219 e. The number of carbonyl (C=O) groups is 1. The maximum atomic E-state index is 13.3. The van der Waals surface area contributed by atoms with E-state index in [2.05, 4.69) is 40.5 Å². The number of hydrogen-bond donors (Lipinski definition) is 2. The number of fused-ring (bicyclic) bond motifs is 1. The molecule has 0 aliphatic heterocycles. The van der Waals surface area contributed by atoms with Gasteiger partial charge in [-0.1, -0.05) is 23.8 Å². The molecule has 6 heteroatoms. The Balaban J connectivity index is 0.000000254. The molecule has 0 unspecified atom stereocenters. The molecule has 3 nitrogen and oxygen atoms in total. The highest BCUT2D eigenvalue weighted by Crippen LogP contribution is 2.24. The van der Waals surface area contributed by atoms with Gasteiger partial charge in [-0.3, -0.25) is 4.79 Å². The number of aromatic amines is 1. The molecule has 0 aliphatic carbocycles.